The van der Waals surface area contributed by atoms with Crippen LogP contribution < -0.4 is 0 Å². The molecule has 0 atom stereocenters. The van der Waals surface area contributed by atoms with Crippen LogP contribution in [0.25, 0.3) is 0 Å². The van der Waals surface area contributed by atoms with Crippen LogP contribution in [-0.4, -0.2) is 12.1 Å². The molecular weight excluding hydrogens is 114 g/mol. The Hall–Kier alpha value is -0.330. The van der Waals surface area contributed by atoms with Crippen molar-refractivity contribution in [3.63, 3.8) is 0 Å². The predicted octanol–water partition coefficient (Wildman–Crippen LogP) is 0.906. The third-order valence-electron chi connectivity index (χ3n) is 0.782. The van der Waals surface area contributed by atoms with E-state index in [0.717, 1.165) is 12.8 Å². The monoisotopic (exact) mass is 119 g/mol. The molecule has 1 aliphatic carbocycles. The Morgan fingerprint density at radius 3 is 2.29 bits per heavy atom. The first kappa shape index (κ1) is 6.67. The number of rotatable bonds is 1. The predicted molar refractivity (Wildman–Crippen MR) is 28.4 cm³/mol. The van der Waals surface area contributed by atoms with Gasteiger partial charge in [-0.15, -0.1) is 12.4 Å². The van der Waals surface area contributed by atoms with E-state index >= 15 is 0 Å². The summed E-state index contributed by atoms with van der Waals surface area (Å²) >= 11 is 0. The third kappa shape index (κ3) is 2.38. The number of hydrogen-bond donors (Lipinski definition) is 0. The fraction of sp³-hybridized carbons (Fsp3) is 0.750. The van der Waals surface area contributed by atoms with Crippen LogP contribution in [0, 0.1) is 0 Å². The molecule has 0 amide bonds. The Kier molecular flexibility index (Phi) is 2.65. The summed E-state index contributed by atoms with van der Waals surface area (Å²) in [5.41, 5.74) is 0. The minimum Gasteiger partial charge on any atom is -0.211 e. The Balaban J connectivity index is 0.000000360. The highest BCUT2D eigenvalue weighted by Crippen LogP contribution is 2.22. The second-order valence-electron chi connectivity index (χ2n) is 1.45. The molecule has 1 aliphatic rings. The van der Waals surface area contributed by atoms with Gasteiger partial charge >= 0.3 is 0 Å². The number of halogens is 1. The highest BCUT2D eigenvalue weighted by molar-refractivity contribution is 5.85. The van der Waals surface area contributed by atoms with Crippen LogP contribution in [0.2, 0.25) is 0 Å². The fourth-order valence-electron chi connectivity index (χ4n) is 0.278. The van der Waals surface area contributed by atoms with Crippen molar-refractivity contribution in [3.8, 4) is 0 Å². The number of isocyanates is 1. The summed E-state index contributed by atoms with van der Waals surface area (Å²) in [6.07, 6.45) is 3.69. The van der Waals surface area contributed by atoms with Gasteiger partial charge in [-0.1, -0.05) is 0 Å². The molecule has 0 aliphatic heterocycles. The Morgan fingerprint density at radius 2 is 2.14 bits per heavy atom. The van der Waals surface area contributed by atoms with Crippen molar-refractivity contribution in [2.75, 3.05) is 0 Å². The Morgan fingerprint density at radius 1 is 1.57 bits per heavy atom. The summed E-state index contributed by atoms with van der Waals surface area (Å²) in [4.78, 5) is 12.8. The van der Waals surface area contributed by atoms with Gasteiger partial charge in [-0.2, -0.15) is 0 Å². The molecule has 2 nitrogen and oxygen atoms in total. The maximum absolute atomic E-state index is 9.36. The first-order chi connectivity index (χ1) is 2.93. The van der Waals surface area contributed by atoms with Crippen LogP contribution in [0.5, 0.6) is 0 Å². The molecule has 0 heterocycles. The fourth-order valence-corrected chi connectivity index (χ4v) is 0.278. The lowest BCUT2D eigenvalue weighted by atomic mass is 10.8. The minimum atomic E-state index is 0. The Bertz CT molecular complexity index is 93.9. The summed E-state index contributed by atoms with van der Waals surface area (Å²) in [5, 5.41) is 0. The average Bonchev–Trinajstić information content (AvgIpc) is 2.21. The van der Waals surface area contributed by atoms with E-state index in [2.05, 4.69) is 4.99 Å². The molecular formula is C4H6ClNO. The van der Waals surface area contributed by atoms with Gasteiger partial charge in [0.2, 0.25) is 6.08 Å². The molecule has 0 spiro atoms. The van der Waals surface area contributed by atoms with Gasteiger partial charge in [0.25, 0.3) is 0 Å². The van der Waals surface area contributed by atoms with Gasteiger partial charge in [-0.05, 0) is 12.8 Å². The molecule has 1 saturated carbocycles. The Labute approximate surface area is 48.0 Å². The molecule has 0 saturated heterocycles. The smallest absolute Gasteiger partial charge is 0.211 e. The van der Waals surface area contributed by atoms with E-state index in [9.17, 15) is 4.79 Å². The van der Waals surface area contributed by atoms with Crippen LogP contribution in [-0.2, 0) is 4.79 Å². The van der Waals surface area contributed by atoms with Crippen LogP contribution in [0.4, 0.5) is 0 Å². The van der Waals surface area contributed by atoms with Gasteiger partial charge in [0.15, 0.2) is 0 Å². The summed E-state index contributed by atoms with van der Waals surface area (Å²) in [6, 6.07) is 0.350. The first-order valence-corrected chi connectivity index (χ1v) is 2.00. The van der Waals surface area contributed by atoms with Gasteiger partial charge in [0.1, 0.15) is 0 Å². The lowest BCUT2D eigenvalue weighted by molar-refractivity contribution is 0.562. The lowest BCUT2D eigenvalue weighted by Crippen LogP contribution is -1.65. The maximum Gasteiger partial charge on any atom is 0.235 e. The van der Waals surface area contributed by atoms with Gasteiger partial charge in [0, 0.05) is 0 Å². The average molecular weight is 120 g/mol. The zero-order chi connectivity index (χ0) is 4.41. The van der Waals surface area contributed by atoms with Gasteiger partial charge in [0.05, 0.1) is 6.04 Å². The molecule has 7 heavy (non-hydrogen) atoms. The number of aliphatic imine (C=N–C) groups is 1. The van der Waals surface area contributed by atoms with Gasteiger partial charge < -0.3 is 0 Å². The molecule has 0 aromatic carbocycles. The molecule has 0 radical (unpaired) electrons. The third-order valence-corrected chi connectivity index (χ3v) is 0.782. The molecule has 0 aromatic heterocycles. The molecule has 0 unspecified atom stereocenters. The number of hydrogen-bond acceptors (Lipinski definition) is 2. The second-order valence-corrected chi connectivity index (χ2v) is 1.45. The lowest BCUT2D eigenvalue weighted by Gasteiger charge is -1.62. The summed E-state index contributed by atoms with van der Waals surface area (Å²) in [6.45, 7) is 0. The van der Waals surface area contributed by atoms with Crippen LogP contribution in [0.1, 0.15) is 12.8 Å². The summed E-state index contributed by atoms with van der Waals surface area (Å²) < 4.78 is 0. The van der Waals surface area contributed by atoms with E-state index in [-0.39, 0.29) is 12.4 Å². The van der Waals surface area contributed by atoms with Crippen LogP contribution in [0.15, 0.2) is 4.99 Å². The first-order valence-electron chi connectivity index (χ1n) is 2.00. The molecule has 0 N–H and O–H groups in total. The highest BCUT2D eigenvalue weighted by Gasteiger charge is 2.19. The number of nitrogens with zero attached hydrogens (tertiary/aromatic N) is 1. The number of carbonyl (C=O) groups excluding carboxylic acids is 1. The molecule has 0 aromatic rings. The van der Waals surface area contributed by atoms with Crippen molar-refractivity contribution in [2.45, 2.75) is 18.9 Å². The zero-order valence-corrected chi connectivity index (χ0v) is 4.57. The van der Waals surface area contributed by atoms with E-state index in [4.69, 9.17) is 0 Å². The highest BCUT2D eigenvalue weighted by atomic mass is 35.5. The molecule has 1 rings (SSSR count). The molecule has 0 bridgehead atoms. The van der Waals surface area contributed by atoms with Gasteiger partial charge in [-0.25, -0.2) is 9.79 Å². The molecule has 40 valence electrons. The van der Waals surface area contributed by atoms with Crippen molar-refractivity contribution in [1.29, 1.82) is 0 Å². The normalized spacial score (nSPS) is 16.6. The molecule has 1 fully saturated rings. The zero-order valence-electron chi connectivity index (χ0n) is 3.76. The van der Waals surface area contributed by atoms with Crippen LogP contribution in [0.3, 0.4) is 0 Å². The standard InChI is InChI=1S/C4H5NO.ClH/c6-3-5-4-1-2-4;/h4H,1-2H2;1H. The van der Waals surface area contributed by atoms with Crippen molar-refractivity contribution < 1.29 is 4.79 Å². The maximum atomic E-state index is 9.36. The topological polar surface area (TPSA) is 29.4 Å². The summed E-state index contributed by atoms with van der Waals surface area (Å²) in [7, 11) is 0. The van der Waals surface area contributed by atoms with Crippen molar-refractivity contribution >= 4 is 18.5 Å². The summed E-state index contributed by atoms with van der Waals surface area (Å²) in [5.74, 6) is 0. The van der Waals surface area contributed by atoms with E-state index in [1.165, 1.54) is 6.08 Å². The van der Waals surface area contributed by atoms with Crippen molar-refractivity contribution in [2.24, 2.45) is 4.99 Å². The minimum absolute atomic E-state index is 0. The van der Waals surface area contributed by atoms with E-state index in [0.29, 0.717) is 6.04 Å². The largest absolute Gasteiger partial charge is 0.235 e. The van der Waals surface area contributed by atoms with E-state index in [1.807, 2.05) is 0 Å². The van der Waals surface area contributed by atoms with Crippen molar-refractivity contribution in [3.05, 3.63) is 0 Å². The van der Waals surface area contributed by atoms with Crippen molar-refractivity contribution in [1.82, 2.24) is 0 Å². The van der Waals surface area contributed by atoms with Crippen LogP contribution >= 0.6 is 12.4 Å². The SMILES string of the molecule is Cl.O=C=NC1CC1. The van der Waals surface area contributed by atoms with E-state index < -0.39 is 0 Å². The second kappa shape index (κ2) is 2.78. The molecule has 3 heteroatoms. The van der Waals surface area contributed by atoms with Gasteiger partial charge in [-0.3, -0.25) is 0 Å². The quantitative estimate of drug-likeness (QED) is 0.373. The van der Waals surface area contributed by atoms with E-state index in [1.54, 1.807) is 0 Å².